The minimum atomic E-state index is -0.122. The van der Waals surface area contributed by atoms with Crippen LogP contribution in [0.25, 0.3) is 60.8 Å². The summed E-state index contributed by atoms with van der Waals surface area (Å²) in [5, 5.41) is 2.61. The molecule has 3 heterocycles. The SMILES string of the molecule is O=c1c2ccccc2oc2nc3c4c(ccc3n12)[nH]c1ccc(-c2ccccc2)cc14. The molecule has 3 aromatic heterocycles. The molecule has 0 saturated heterocycles. The number of benzene rings is 4. The molecule has 1 N–H and O–H groups in total. The van der Waals surface area contributed by atoms with Crippen molar-refractivity contribution >= 4 is 49.7 Å². The molecule has 0 aliphatic rings. The molecule has 0 aliphatic carbocycles. The third-order valence-electron chi connectivity index (χ3n) is 5.98. The van der Waals surface area contributed by atoms with E-state index in [1.165, 1.54) is 0 Å². The number of H-pyrrole nitrogens is 1. The first-order chi connectivity index (χ1) is 15.3. The van der Waals surface area contributed by atoms with Gasteiger partial charge in [0.25, 0.3) is 5.56 Å². The molecule has 0 aliphatic heterocycles. The Kier molecular flexibility index (Phi) is 3.09. The molecule has 0 atom stereocenters. The molecule has 5 nitrogen and oxygen atoms in total. The number of nitrogens with zero attached hydrogens (tertiary/aromatic N) is 2. The minimum absolute atomic E-state index is 0.122. The molecule has 0 amide bonds. The first-order valence-electron chi connectivity index (χ1n) is 10.1. The highest BCUT2D eigenvalue weighted by Gasteiger charge is 2.17. The summed E-state index contributed by atoms with van der Waals surface area (Å²) < 4.78 is 7.55. The summed E-state index contributed by atoms with van der Waals surface area (Å²) in [6.07, 6.45) is 0. The Morgan fingerprint density at radius 2 is 1.58 bits per heavy atom. The fraction of sp³-hybridized carbons (Fsp3) is 0. The molecule has 7 aromatic rings. The zero-order valence-electron chi connectivity index (χ0n) is 16.3. The summed E-state index contributed by atoms with van der Waals surface area (Å²) in [7, 11) is 0. The van der Waals surface area contributed by atoms with Gasteiger partial charge in [-0.1, -0.05) is 48.5 Å². The second-order valence-electron chi connectivity index (χ2n) is 7.74. The first kappa shape index (κ1) is 16.4. The van der Waals surface area contributed by atoms with Crippen LogP contribution in [0.1, 0.15) is 0 Å². The van der Waals surface area contributed by atoms with Crippen LogP contribution >= 0.6 is 0 Å². The lowest BCUT2D eigenvalue weighted by atomic mass is 10.0. The number of nitrogens with one attached hydrogen (secondary N) is 1. The van der Waals surface area contributed by atoms with Crippen molar-refractivity contribution in [3.8, 4) is 11.1 Å². The quantitative estimate of drug-likeness (QED) is 0.373. The molecule has 0 unspecified atom stereocenters. The van der Waals surface area contributed by atoms with E-state index in [9.17, 15) is 4.79 Å². The van der Waals surface area contributed by atoms with Crippen molar-refractivity contribution < 1.29 is 4.42 Å². The van der Waals surface area contributed by atoms with E-state index in [2.05, 4.69) is 35.3 Å². The normalized spacial score (nSPS) is 12.0. The van der Waals surface area contributed by atoms with Crippen molar-refractivity contribution in [3.63, 3.8) is 0 Å². The van der Waals surface area contributed by atoms with Crippen LogP contribution in [-0.4, -0.2) is 14.4 Å². The van der Waals surface area contributed by atoms with E-state index in [4.69, 9.17) is 9.40 Å². The summed E-state index contributed by atoms with van der Waals surface area (Å²) in [6.45, 7) is 0. The molecule has 0 spiro atoms. The summed E-state index contributed by atoms with van der Waals surface area (Å²) >= 11 is 0. The van der Waals surface area contributed by atoms with Crippen molar-refractivity contribution in [1.82, 2.24) is 14.4 Å². The Hall–Kier alpha value is -4.38. The van der Waals surface area contributed by atoms with Gasteiger partial charge in [-0.15, -0.1) is 0 Å². The van der Waals surface area contributed by atoms with Gasteiger partial charge in [0.15, 0.2) is 0 Å². The fourth-order valence-electron chi connectivity index (χ4n) is 4.53. The van der Waals surface area contributed by atoms with Gasteiger partial charge in [0.05, 0.1) is 10.9 Å². The predicted molar refractivity (Wildman–Crippen MR) is 124 cm³/mol. The number of hydrogen-bond acceptors (Lipinski definition) is 3. The van der Waals surface area contributed by atoms with E-state index in [0.717, 1.165) is 44.0 Å². The lowest BCUT2D eigenvalue weighted by molar-refractivity contribution is 0.616. The van der Waals surface area contributed by atoms with Crippen LogP contribution in [0.4, 0.5) is 0 Å². The highest BCUT2D eigenvalue weighted by Crippen LogP contribution is 2.34. The summed E-state index contributed by atoms with van der Waals surface area (Å²) in [4.78, 5) is 21.4. The van der Waals surface area contributed by atoms with Gasteiger partial charge in [-0.05, 0) is 47.5 Å². The zero-order chi connectivity index (χ0) is 20.5. The molecule has 5 heteroatoms. The van der Waals surface area contributed by atoms with Crippen LogP contribution in [0.15, 0.2) is 94.1 Å². The third kappa shape index (κ3) is 2.20. The van der Waals surface area contributed by atoms with Gasteiger partial charge in [-0.3, -0.25) is 4.79 Å². The first-order valence-corrected chi connectivity index (χ1v) is 10.1. The Labute approximate surface area is 175 Å². The van der Waals surface area contributed by atoms with E-state index < -0.39 is 0 Å². The smallest absolute Gasteiger partial charge is 0.310 e. The fourth-order valence-corrected chi connectivity index (χ4v) is 4.53. The molecule has 0 fully saturated rings. The van der Waals surface area contributed by atoms with Gasteiger partial charge in [0.2, 0.25) is 0 Å². The molecule has 7 rings (SSSR count). The maximum Gasteiger partial charge on any atom is 0.310 e. The Morgan fingerprint density at radius 1 is 0.774 bits per heavy atom. The van der Waals surface area contributed by atoms with Crippen LogP contribution in [0.3, 0.4) is 0 Å². The third-order valence-corrected chi connectivity index (χ3v) is 5.98. The predicted octanol–water partition coefficient (Wildman–Crippen LogP) is 5.90. The number of rotatable bonds is 1. The van der Waals surface area contributed by atoms with E-state index in [1.807, 2.05) is 42.5 Å². The van der Waals surface area contributed by atoms with Crippen molar-refractivity contribution in [2.24, 2.45) is 0 Å². The average molecular weight is 401 g/mol. The largest absolute Gasteiger partial charge is 0.424 e. The topological polar surface area (TPSA) is 63.3 Å². The lowest BCUT2D eigenvalue weighted by Crippen LogP contribution is -2.12. The highest BCUT2D eigenvalue weighted by atomic mass is 16.3. The minimum Gasteiger partial charge on any atom is -0.424 e. The number of imidazole rings is 1. The van der Waals surface area contributed by atoms with Crippen molar-refractivity contribution in [2.45, 2.75) is 0 Å². The molecule has 4 aromatic carbocycles. The van der Waals surface area contributed by atoms with Crippen LogP contribution < -0.4 is 5.56 Å². The average Bonchev–Trinajstić information content (AvgIpc) is 3.37. The zero-order valence-corrected chi connectivity index (χ0v) is 16.3. The molecule has 146 valence electrons. The Bertz CT molecular complexity index is 1860. The van der Waals surface area contributed by atoms with Crippen molar-refractivity contribution in [1.29, 1.82) is 0 Å². The highest BCUT2D eigenvalue weighted by molar-refractivity contribution is 6.19. The van der Waals surface area contributed by atoms with Crippen LogP contribution in [-0.2, 0) is 0 Å². The Balaban J connectivity index is 1.64. The number of hydrogen-bond donors (Lipinski definition) is 1. The number of fused-ring (bicyclic) bond motifs is 8. The summed E-state index contributed by atoms with van der Waals surface area (Å²) in [5.74, 6) is 0.305. The van der Waals surface area contributed by atoms with E-state index in [0.29, 0.717) is 16.8 Å². The van der Waals surface area contributed by atoms with E-state index in [-0.39, 0.29) is 5.56 Å². The standard InChI is InChI=1S/C26H15N3O2/c30-25-17-8-4-5-9-22(17)31-26-28-24-21(29(25)26)13-12-20-23(24)18-14-16(10-11-19(18)27-20)15-6-2-1-3-7-15/h1-14,27H. The second kappa shape index (κ2) is 5.83. The van der Waals surface area contributed by atoms with Gasteiger partial charge in [-0.25, -0.2) is 4.40 Å². The summed E-state index contributed by atoms with van der Waals surface area (Å²) in [6, 6.07) is 27.9. The molecule has 0 bridgehead atoms. The maximum absolute atomic E-state index is 13.2. The van der Waals surface area contributed by atoms with Gasteiger partial charge >= 0.3 is 5.84 Å². The van der Waals surface area contributed by atoms with E-state index >= 15 is 0 Å². The molecule has 0 radical (unpaired) electrons. The van der Waals surface area contributed by atoms with E-state index in [1.54, 1.807) is 16.5 Å². The maximum atomic E-state index is 13.2. The number of aromatic nitrogens is 3. The van der Waals surface area contributed by atoms with Gasteiger partial charge in [0.1, 0.15) is 11.1 Å². The van der Waals surface area contributed by atoms with Gasteiger partial charge in [-0.2, -0.15) is 4.98 Å². The number of para-hydroxylation sites is 1. The monoisotopic (exact) mass is 401 g/mol. The van der Waals surface area contributed by atoms with Gasteiger partial charge < -0.3 is 9.40 Å². The second-order valence-corrected chi connectivity index (χ2v) is 7.74. The van der Waals surface area contributed by atoms with Crippen LogP contribution in [0.2, 0.25) is 0 Å². The van der Waals surface area contributed by atoms with Crippen molar-refractivity contribution in [2.75, 3.05) is 0 Å². The molecule has 31 heavy (non-hydrogen) atoms. The van der Waals surface area contributed by atoms with Crippen LogP contribution in [0, 0.1) is 0 Å². The van der Waals surface area contributed by atoms with Crippen molar-refractivity contribution in [3.05, 3.63) is 95.3 Å². The molecular weight excluding hydrogens is 386 g/mol. The summed E-state index contributed by atoms with van der Waals surface area (Å²) in [5.41, 5.74) is 6.22. The lowest BCUT2D eigenvalue weighted by Gasteiger charge is -2.02. The molecule has 0 saturated carbocycles. The van der Waals surface area contributed by atoms with Crippen LogP contribution in [0.5, 0.6) is 0 Å². The number of aromatic amines is 1. The van der Waals surface area contributed by atoms with Gasteiger partial charge in [0, 0.05) is 21.8 Å². The Morgan fingerprint density at radius 3 is 2.48 bits per heavy atom. The molecular formula is C26H15N3O2.